The van der Waals surface area contributed by atoms with E-state index in [1.807, 2.05) is 0 Å². The Labute approximate surface area is 188 Å². The van der Waals surface area contributed by atoms with Crippen LogP contribution in [-0.4, -0.2) is 58.6 Å². The van der Waals surface area contributed by atoms with Gasteiger partial charge in [-0.2, -0.15) is 74.6 Å². The summed E-state index contributed by atoms with van der Waals surface area (Å²) in [6.45, 7) is 0.769. The first kappa shape index (κ1) is 34.7. The lowest BCUT2D eigenvalue weighted by molar-refractivity contribution is -0.470. The molecular formula is C12H7BF21N3. The molecule has 0 saturated carbocycles. The van der Waals surface area contributed by atoms with E-state index in [9.17, 15) is 91.9 Å². The Morgan fingerprint density at radius 2 is 0.838 bits per heavy atom. The molecule has 25 heteroatoms. The average Bonchev–Trinajstić information content (AvgIpc) is 2.97. The molecule has 3 nitrogen and oxygen atoms in total. The fourth-order valence-electron chi connectivity index (χ4n) is 2.03. The van der Waals surface area contributed by atoms with Crippen molar-refractivity contribution in [2.45, 2.75) is 54.6 Å². The lowest BCUT2D eigenvalue weighted by Gasteiger charge is -2.42. The molecule has 0 unspecified atom stereocenters. The van der Waals surface area contributed by atoms with Gasteiger partial charge in [0.15, 0.2) is 0 Å². The molecule has 0 bridgehead atoms. The van der Waals surface area contributed by atoms with Crippen molar-refractivity contribution >= 4 is 7.25 Å². The standard InChI is InChI=1S/C12H6F17N3.BF4/c1-3-30-31-4(32(3)2)5(13,14)6(15,16)7(17,18)8(19,20)9(21,22)10(23,24)11(25,26)12(27,28)29;2-1(3,4)5/h1-2H3;/q;-1/p+1. The minimum Gasteiger partial charge on any atom is -0.418 e. The molecule has 0 aliphatic carbocycles. The highest BCUT2D eigenvalue weighted by atomic mass is 19.5. The number of aromatic amines is 1. The van der Waals surface area contributed by atoms with Gasteiger partial charge in [0.05, 0.1) is 7.05 Å². The number of nitrogens with one attached hydrogen (secondary N) is 1. The topological polar surface area (TPSA) is 32.0 Å². The third-order valence-electron chi connectivity index (χ3n) is 4.15. The Hall–Kier alpha value is -2.27. The SMILES string of the molecule is Cc1[nH+]nc(C(F)(F)C(F)(F)C(F)(F)C(F)(F)C(F)(F)C(F)(F)C(F)(F)C(F)(F)F)n1C.F[B-](F)(F)F. The highest BCUT2D eigenvalue weighted by Crippen LogP contribution is 2.64. The molecule has 0 amide bonds. The maximum Gasteiger partial charge on any atom is 0.673 e. The molecule has 0 fully saturated rings. The molecule has 0 aromatic carbocycles. The summed E-state index contributed by atoms with van der Waals surface area (Å²) in [7, 11) is -5.61. The minimum atomic E-state index is -8.65. The quantitative estimate of drug-likeness (QED) is 0.266. The molecule has 0 radical (unpaired) electrons. The van der Waals surface area contributed by atoms with Crippen LogP contribution in [0.5, 0.6) is 0 Å². The van der Waals surface area contributed by atoms with Gasteiger partial charge in [-0.1, -0.05) is 0 Å². The number of aryl methyl sites for hydroxylation is 1. The Morgan fingerprint density at radius 1 is 0.568 bits per heavy atom. The van der Waals surface area contributed by atoms with Crippen LogP contribution >= 0.6 is 0 Å². The van der Waals surface area contributed by atoms with Gasteiger partial charge in [-0.25, -0.2) is 4.57 Å². The molecule has 1 aromatic rings. The zero-order valence-corrected chi connectivity index (χ0v) is 16.9. The molecule has 0 saturated heterocycles. The molecule has 1 aromatic heterocycles. The first-order valence-electron chi connectivity index (χ1n) is 8.18. The summed E-state index contributed by atoms with van der Waals surface area (Å²) in [5, 5.41) is 3.83. The monoisotopic (exact) mass is 603 g/mol. The molecular weight excluding hydrogens is 596 g/mol. The molecule has 0 spiro atoms. The van der Waals surface area contributed by atoms with Gasteiger partial charge in [-0.15, -0.1) is 5.10 Å². The summed E-state index contributed by atoms with van der Waals surface area (Å²) in [5.74, 6) is -60.0. The van der Waals surface area contributed by atoms with Gasteiger partial charge in [0.2, 0.25) is 0 Å². The van der Waals surface area contributed by atoms with Crippen LogP contribution in [0, 0.1) is 6.92 Å². The highest BCUT2D eigenvalue weighted by molar-refractivity contribution is 6.50. The van der Waals surface area contributed by atoms with Gasteiger partial charge in [-0.05, 0) is 5.10 Å². The second kappa shape index (κ2) is 9.19. The van der Waals surface area contributed by atoms with Crippen LogP contribution < -0.4 is 5.10 Å². The number of H-pyrrole nitrogens is 1. The van der Waals surface area contributed by atoms with Gasteiger partial charge in [0.25, 0.3) is 5.82 Å². The molecule has 1 N–H and O–H groups in total. The number of nitrogens with zero attached hydrogens (tertiary/aromatic N) is 2. The fraction of sp³-hybridized carbons (Fsp3) is 0.833. The van der Waals surface area contributed by atoms with Crippen molar-refractivity contribution in [1.29, 1.82) is 0 Å². The van der Waals surface area contributed by atoms with Crippen molar-refractivity contribution in [2.24, 2.45) is 7.05 Å². The van der Waals surface area contributed by atoms with Crippen molar-refractivity contribution in [3.63, 3.8) is 0 Å². The third kappa shape index (κ3) is 5.34. The lowest BCUT2D eigenvalue weighted by atomic mass is 9.89. The van der Waals surface area contributed by atoms with Crippen LogP contribution in [0.4, 0.5) is 91.9 Å². The first-order chi connectivity index (χ1) is 15.7. The average molecular weight is 603 g/mol. The van der Waals surface area contributed by atoms with Crippen LogP contribution in [-0.2, 0) is 13.0 Å². The molecule has 1 rings (SSSR count). The smallest absolute Gasteiger partial charge is 0.418 e. The molecule has 0 atom stereocenters. The minimum absolute atomic E-state index is 0.188. The zero-order chi connectivity index (χ0) is 30.6. The normalized spacial score (nSPS) is 15.4. The predicted molar refractivity (Wildman–Crippen MR) is 74.3 cm³/mol. The zero-order valence-electron chi connectivity index (χ0n) is 16.9. The van der Waals surface area contributed by atoms with Gasteiger partial charge in [0.1, 0.15) is 0 Å². The molecule has 220 valence electrons. The van der Waals surface area contributed by atoms with Crippen molar-refractivity contribution in [1.82, 2.24) is 9.67 Å². The van der Waals surface area contributed by atoms with Gasteiger partial charge < -0.3 is 17.3 Å². The van der Waals surface area contributed by atoms with E-state index < -0.39 is 66.5 Å². The number of alkyl halides is 17. The van der Waals surface area contributed by atoms with Gasteiger partial charge in [0, 0.05) is 6.92 Å². The van der Waals surface area contributed by atoms with E-state index in [0.29, 0.717) is 7.05 Å². The molecule has 0 aliphatic rings. The van der Waals surface area contributed by atoms with E-state index in [4.69, 9.17) is 0 Å². The summed E-state index contributed by atoms with van der Waals surface area (Å²) in [5.41, 5.74) is 0. The van der Waals surface area contributed by atoms with E-state index in [1.165, 1.54) is 5.10 Å². The van der Waals surface area contributed by atoms with E-state index in [-0.39, 0.29) is 4.57 Å². The van der Waals surface area contributed by atoms with Gasteiger partial charge in [-0.3, -0.25) is 0 Å². The molecule has 1 heterocycles. The highest BCUT2D eigenvalue weighted by Gasteiger charge is 2.95. The summed E-state index contributed by atoms with van der Waals surface area (Å²) >= 11 is 0. The van der Waals surface area contributed by atoms with E-state index in [2.05, 4.69) is 5.10 Å². The van der Waals surface area contributed by atoms with Crippen LogP contribution in [0.2, 0.25) is 0 Å². The molecule has 37 heavy (non-hydrogen) atoms. The predicted octanol–water partition coefficient (Wildman–Crippen LogP) is 6.31. The van der Waals surface area contributed by atoms with E-state index in [1.54, 1.807) is 0 Å². The van der Waals surface area contributed by atoms with Crippen molar-refractivity contribution in [3.05, 3.63) is 11.6 Å². The maximum absolute atomic E-state index is 13.9. The number of hydrogen-bond acceptors (Lipinski definition) is 1. The Kier molecular flexibility index (Phi) is 8.62. The molecule has 0 aliphatic heterocycles. The Morgan fingerprint density at radius 3 is 1.08 bits per heavy atom. The third-order valence-corrected chi connectivity index (χ3v) is 4.15. The van der Waals surface area contributed by atoms with Crippen LogP contribution in [0.15, 0.2) is 0 Å². The summed E-state index contributed by atoms with van der Waals surface area (Å²) in [4.78, 5) is 0. The van der Waals surface area contributed by atoms with Crippen molar-refractivity contribution in [3.8, 4) is 0 Å². The van der Waals surface area contributed by atoms with Crippen molar-refractivity contribution in [2.75, 3.05) is 0 Å². The van der Waals surface area contributed by atoms with Crippen molar-refractivity contribution < 1.29 is 97.0 Å². The first-order valence-corrected chi connectivity index (χ1v) is 8.18. The lowest BCUT2D eigenvalue weighted by Crippen LogP contribution is -2.74. The number of halogens is 21. The number of hydrogen-bond donors (Lipinski definition) is 0. The van der Waals surface area contributed by atoms with Gasteiger partial charge >= 0.3 is 60.7 Å². The largest absolute Gasteiger partial charge is 0.673 e. The number of rotatable bonds is 7. The summed E-state index contributed by atoms with van der Waals surface area (Å²) < 4.78 is 263. The fourth-order valence-corrected chi connectivity index (χ4v) is 2.03. The van der Waals surface area contributed by atoms with Crippen LogP contribution in [0.25, 0.3) is 0 Å². The summed E-state index contributed by atoms with van der Waals surface area (Å²) in [6.07, 6.45) is -7.78. The van der Waals surface area contributed by atoms with E-state index in [0.717, 1.165) is 6.92 Å². The summed E-state index contributed by atoms with van der Waals surface area (Å²) in [6, 6.07) is 0. The van der Waals surface area contributed by atoms with Crippen LogP contribution in [0.3, 0.4) is 0 Å². The Bertz CT molecular complexity index is 936. The van der Waals surface area contributed by atoms with E-state index >= 15 is 0 Å². The second-order valence-corrected chi connectivity index (χ2v) is 6.71. The number of aromatic nitrogens is 3. The Balaban J connectivity index is 0.00000235. The second-order valence-electron chi connectivity index (χ2n) is 6.71. The van der Waals surface area contributed by atoms with Crippen LogP contribution in [0.1, 0.15) is 11.6 Å². The maximum atomic E-state index is 13.9.